The zero-order chi connectivity index (χ0) is 22.7. The third-order valence-corrected chi connectivity index (χ3v) is 5.61. The van der Waals surface area contributed by atoms with Gasteiger partial charge in [0.15, 0.2) is 6.10 Å². The van der Waals surface area contributed by atoms with Crippen LogP contribution in [0.25, 0.3) is 0 Å². The number of amides is 2. The maximum atomic E-state index is 13.1. The van der Waals surface area contributed by atoms with E-state index < -0.39 is 12.1 Å². The summed E-state index contributed by atoms with van der Waals surface area (Å²) in [6, 6.07) is 23.3. The number of esters is 1. The smallest absolute Gasteiger partial charge is 0.339 e. The summed E-state index contributed by atoms with van der Waals surface area (Å²) >= 11 is 0. The van der Waals surface area contributed by atoms with E-state index in [1.54, 1.807) is 37.1 Å². The molecule has 0 aromatic heterocycles. The minimum Gasteiger partial charge on any atom is -0.449 e. The predicted octanol–water partition coefficient (Wildman–Crippen LogP) is 4.10. The third-order valence-electron chi connectivity index (χ3n) is 5.61. The molecule has 162 valence electrons. The molecular weight excluding hydrogens is 404 g/mol. The first-order valence-corrected chi connectivity index (χ1v) is 10.5. The van der Waals surface area contributed by atoms with Crippen LogP contribution >= 0.6 is 0 Å². The van der Waals surface area contributed by atoms with Crippen LogP contribution in [0.2, 0.25) is 0 Å². The van der Waals surface area contributed by atoms with Crippen LogP contribution in [0.3, 0.4) is 0 Å². The first-order chi connectivity index (χ1) is 15.5. The second-order valence-corrected chi connectivity index (χ2v) is 7.66. The van der Waals surface area contributed by atoms with E-state index >= 15 is 0 Å². The van der Waals surface area contributed by atoms with Crippen molar-refractivity contribution in [3.63, 3.8) is 0 Å². The van der Waals surface area contributed by atoms with Crippen molar-refractivity contribution in [1.29, 1.82) is 0 Å². The predicted molar refractivity (Wildman–Crippen MR) is 123 cm³/mol. The Bertz CT molecular complexity index is 1160. The molecule has 1 atom stereocenters. The summed E-state index contributed by atoms with van der Waals surface area (Å²) in [6.45, 7) is 2.11. The summed E-state index contributed by atoms with van der Waals surface area (Å²) in [5, 5.41) is 0. The van der Waals surface area contributed by atoms with Crippen LogP contribution in [0.4, 0.5) is 11.4 Å². The summed E-state index contributed by atoms with van der Waals surface area (Å²) in [5.74, 6) is -1.33. The fourth-order valence-corrected chi connectivity index (χ4v) is 3.86. The lowest BCUT2D eigenvalue weighted by Crippen LogP contribution is -2.39. The van der Waals surface area contributed by atoms with Gasteiger partial charge in [-0.1, -0.05) is 48.5 Å². The monoisotopic (exact) mass is 428 g/mol. The molecule has 0 saturated heterocycles. The van der Waals surface area contributed by atoms with E-state index in [4.69, 9.17) is 4.74 Å². The zero-order valence-corrected chi connectivity index (χ0v) is 18.0. The number of benzene rings is 3. The van der Waals surface area contributed by atoms with Gasteiger partial charge < -0.3 is 14.5 Å². The van der Waals surface area contributed by atoms with Crippen LogP contribution in [0.15, 0.2) is 78.9 Å². The quantitative estimate of drug-likeness (QED) is 0.574. The van der Waals surface area contributed by atoms with E-state index in [1.165, 1.54) is 11.0 Å². The van der Waals surface area contributed by atoms with Crippen molar-refractivity contribution >= 4 is 29.2 Å². The zero-order valence-electron chi connectivity index (χ0n) is 18.0. The molecule has 32 heavy (non-hydrogen) atoms. The first-order valence-electron chi connectivity index (χ1n) is 10.5. The molecule has 0 radical (unpaired) electrons. The van der Waals surface area contributed by atoms with Crippen molar-refractivity contribution in [2.24, 2.45) is 0 Å². The third kappa shape index (κ3) is 4.12. The number of rotatable bonds is 5. The number of carbonyl (C=O) groups is 3. The first kappa shape index (κ1) is 21.3. The molecule has 0 fully saturated rings. The Kier molecular flexibility index (Phi) is 6.03. The number of ether oxygens (including phenoxy) is 1. The summed E-state index contributed by atoms with van der Waals surface area (Å²) < 4.78 is 5.50. The number of nitrogens with zero attached hydrogens (tertiary/aromatic N) is 2. The standard InChI is InChI=1S/C26H24N2O4/c1-18(24(29)28-17-16-19-10-6-9-15-23(19)28)32-26(31)22-14-8-7-13-21(22)25(30)27(2)20-11-4-3-5-12-20/h3-15,18H,16-17H2,1-2H3. The molecule has 6 nitrogen and oxygen atoms in total. The highest BCUT2D eigenvalue weighted by Crippen LogP contribution is 2.28. The number of para-hydroxylation sites is 2. The lowest BCUT2D eigenvalue weighted by atomic mass is 10.1. The van der Waals surface area contributed by atoms with Crippen LogP contribution in [0, 0.1) is 0 Å². The van der Waals surface area contributed by atoms with Crippen LogP contribution in [-0.4, -0.2) is 37.5 Å². The highest BCUT2D eigenvalue weighted by Gasteiger charge is 2.31. The molecule has 1 aliphatic rings. The second-order valence-electron chi connectivity index (χ2n) is 7.66. The van der Waals surface area contributed by atoms with Crippen molar-refractivity contribution in [3.05, 3.63) is 95.6 Å². The minimum atomic E-state index is -0.983. The average Bonchev–Trinajstić information content (AvgIpc) is 3.27. The van der Waals surface area contributed by atoms with E-state index in [2.05, 4.69) is 0 Å². The number of carbonyl (C=O) groups excluding carboxylic acids is 3. The Labute approximate surface area is 187 Å². The van der Waals surface area contributed by atoms with Crippen LogP contribution in [0.1, 0.15) is 33.2 Å². The van der Waals surface area contributed by atoms with Gasteiger partial charge in [0.25, 0.3) is 11.8 Å². The van der Waals surface area contributed by atoms with Crippen molar-refractivity contribution in [2.45, 2.75) is 19.4 Å². The molecule has 0 bridgehead atoms. The molecule has 1 aliphatic heterocycles. The van der Waals surface area contributed by atoms with E-state index in [9.17, 15) is 14.4 Å². The summed E-state index contributed by atoms with van der Waals surface area (Å²) in [4.78, 5) is 42.1. The normalized spacial score (nSPS) is 13.2. The molecule has 3 aromatic rings. The van der Waals surface area contributed by atoms with Gasteiger partial charge in [0.2, 0.25) is 0 Å². The van der Waals surface area contributed by atoms with E-state index in [0.717, 1.165) is 17.7 Å². The Hall–Kier alpha value is -3.93. The van der Waals surface area contributed by atoms with Gasteiger partial charge in [-0.15, -0.1) is 0 Å². The number of hydrogen-bond donors (Lipinski definition) is 0. The lowest BCUT2D eigenvalue weighted by molar-refractivity contribution is -0.126. The molecule has 0 saturated carbocycles. The van der Waals surface area contributed by atoms with Crippen molar-refractivity contribution in [2.75, 3.05) is 23.4 Å². The van der Waals surface area contributed by atoms with Crippen molar-refractivity contribution in [3.8, 4) is 0 Å². The molecule has 3 aromatic carbocycles. The second kappa shape index (κ2) is 9.06. The molecule has 6 heteroatoms. The van der Waals surface area contributed by atoms with Gasteiger partial charge in [0.1, 0.15) is 0 Å². The fraction of sp³-hybridized carbons (Fsp3) is 0.192. The van der Waals surface area contributed by atoms with Gasteiger partial charge in [-0.05, 0) is 49.2 Å². The fourth-order valence-electron chi connectivity index (χ4n) is 3.86. The average molecular weight is 428 g/mol. The topological polar surface area (TPSA) is 66.9 Å². The summed E-state index contributed by atoms with van der Waals surface area (Å²) in [7, 11) is 1.65. The maximum Gasteiger partial charge on any atom is 0.339 e. The molecule has 1 heterocycles. The molecule has 0 N–H and O–H groups in total. The lowest BCUT2D eigenvalue weighted by Gasteiger charge is -2.22. The Morgan fingerprint density at radius 3 is 2.25 bits per heavy atom. The highest BCUT2D eigenvalue weighted by molar-refractivity contribution is 6.12. The Morgan fingerprint density at radius 2 is 1.50 bits per heavy atom. The molecule has 2 amide bonds. The number of fused-ring (bicyclic) bond motifs is 1. The Balaban J connectivity index is 1.51. The van der Waals surface area contributed by atoms with Gasteiger partial charge in [0.05, 0.1) is 11.1 Å². The van der Waals surface area contributed by atoms with Crippen molar-refractivity contribution in [1.82, 2.24) is 0 Å². The number of hydrogen-bond acceptors (Lipinski definition) is 4. The van der Waals surface area contributed by atoms with E-state index in [-0.39, 0.29) is 22.9 Å². The minimum absolute atomic E-state index is 0.127. The van der Waals surface area contributed by atoms with Gasteiger partial charge >= 0.3 is 5.97 Å². The van der Waals surface area contributed by atoms with Gasteiger partial charge in [0, 0.05) is 25.0 Å². The van der Waals surface area contributed by atoms with Gasteiger partial charge in [-0.2, -0.15) is 0 Å². The Morgan fingerprint density at radius 1 is 0.875 bits per heavy atom. The molecule has 1 unspecified atom stereocenters. The molecular formula is C26H24N2O4. The number of anilines is 2. The highest BCUT2D eigenvalue weighted by atomic mass is 16.5. The van der Waals surface area contributed by atoms with Crippen LogP contribution in [-0.2, 0) is 16.0 Å². The van der Waals surface area contributed by atoms with Gasteiger partial charge in [-0.3, -0.25) is 9.59 Å². The maximum absolute atomic E-state index is 13.1. The molecule has 0 aliphatic carbocycles. The van der Waals surface area contributed by atoms with Crippen LogP contribution in [0.5, 0.6) is 0 Å². The largest absolute Gasteiger partial charge is 0.449 e. The summed E-state index contributed by atoms with van der Waals surface area (Å²) in [5.41, 5.74) is 2.99. The molecule has 0 spiro atoms. The molecule has 4 rings (SSSR count). The van der Waals surface area contributed by atoms with E-state index in [0.29, 0.717) is 12.2 Å². The van der Waals surface area contributed by atoms with Crippen LogP contribution < -0.4 is 9.80 Å². The summed E-state index contributed by atoms with van der Waals surface area (Å²) in [6.07, 6.45) is -0.213. The van der Waals surface area contributed by atoms with E-state index in [1.807, 2.05) is 54.6 Å². The van der Waals surface area contributed by atoms with Crippen molar-refractivity contribution < 1.29 is 19.1 Å². The van der Waals surface area contributed by atoms with Gasteiger partial charge in [-0.25, -0.2) is 4.79 Å². The SMILES string of the molecule is CC(OC(=O)c1ccccc1C(=O)N(C)c1ccccc1)C(=O)N1CCc2ccccc21.